The minimum Gasteiger partial charge on any atom is -0.0622 e. The van der Waals surface area contributed by atoms with Crippen LogP contribution in [0.2, 0.25) is 0 Å². The van der Waals surface area contributed by atoms with Crippen molar-refractivity contribution in [3.8, 4) is 22.3 Å². The van der Waals surface area contributed by atoms with Gasteiger partial charge in [0.25, 0.3) is 0 Å². The van der Waals surface area contributed by atoms with Crippen LogP contribution in [0.3, 0.4) is 0 Å². The molecule has 0 radical (unpaired) electrons. The van der Waals surface area contributed by atoms with Gasteiger partial charge in [0.05, 0.1) is 5.41 Å². The van der Waals surface area contributed by atoms with Crippen LogP contribution in [0.5, 0.6) is 0 Å². The summed E-state index contributed by atoms with van der Waals surface area (Å²) in [5, 5.41) is 4.15. The number of fused-ring (bicyclic) bond motifs is 10. The molecule has 2 aliphatic rings. The molecule has 0 nitrogen and oxygen atoms in total. The summed E-state index contributed by atoms with van der Waals surface area (Å²) in [6.07, 6.45) is 0. The molecule has 2 aliphatic carbocycles. The zero-order valence-electron chi connectivity index (χ0n) is 20.9. The van der Waals surface area contributed by atoms with Crippen molar-refractivity contribution >= 4 is 23.8 Å². The van der Waals surface area contributed by atoms with Crippen molar-refractivity contribution in [2.45, 2.75) is 5.41 Å². The van der Waals surface area contributed by atoms with Crippen molar-refractivity contribution in [3.63, 3.8) is 0 Å². The largest absolute Gasteiger partial charge is 0.0725 e. The Balaban J connectivity index is 1.46. The fraction of sp³-hybridized carbons (Fsp3) is 0.0270. The Labute approximate surface area is 225 Å². The van der Waals surface area contributed by atoms with E-state index in [0.717, 1.165) is 0 Å². The highest BCUT2D eigenvalue weighted by molar-refractivity contribution is 7.79. The fourth-order valence-electron chi connectivity index (χ4n) is 6.82. The van der Waals surface area contributed by atoms with Gasteiger partial charge in [-0.1, -0.05) is 146 Å². The predicted octanol–water partition coefficient (Wildman–Crippen LogP) is 7.79. The van der Waals surface area contributed by atoms with Crippen LogP contribution in [0.1, 0.15) is 22.3 Å². The first-order valence-electron chi connectivity index (χ1n) is 13.2. The quantitative estimate of drug-likeness (QED) is 0.217. The van der Waals surface area contributed by atoms with Crippen LogP contribution in [-0.4, -0.2) is 0 Å². The minimum atomic E-state index is -0.694. The molecule has 0 saturated carbocycles. The number of hydrogen-bond acceptors (Lipinski definition) is 0. The molecule has 1 heteroatoms. The third-order valence-corrected chi connectivity index (χ3v) is 10.7. The van der Waals surface area contributed by atoms with E-state index in [1.165, 1.54) is 60.4 Å². The van der Waals surface area contributed by atoms with Gasteiger partial charge in [-0.15, -0.1) is 0 Å². The third kappa shape index (κ3) is 2.90. The van der Waals surface area contributed by atoms with Crippen molar-refractivity contribution in [2.75, 3.05) is 0 Å². The number of hydrogen-bond donors (Lipinski definition) is 0. The zero-order valence-corrected chi connectivity index (χ0v) is 21.8. The SMILES string of the molecule is c1ccc(P(c2ccccc2)c2ccc3c(c2)C2(c4ccccc4-c4ccccc42)c2ccccc2-3)cc1. The lowest BCUT2D eigenvalue weighted by molar-refractivity contribution is 0.794. The lowest BCUT2D eigenvalue weighted by atomic mass is 9.70. The zero-order chi connectivity index (χ0) is 25.1. The topological polar surface area (TPSA) is 0 Å². The van der Waals surface area contributed by atoms with Gasteiger partial charge in [0.2, 0.25) is 0 Å². The van der Waals surface area contributed by atoms with Gasteiger partial charge in [-0.05, 0) is 74.4 Å². The average molecular weight is 501 g/mol. The first kappa shape index (κ1) is 21.8. The molecule has 6 aromatic rings. The molecule has 0 N–H and O–H groups in total. The van der Waals surface area contributed by atoms with Crippen molar-refractivity contribution in [2.24, 2.45) is 0 Å². The fourth-order valence-corrected chi connectivity index (χ4v) is 9.14. The average Bonchev–Trinajstić information content (AvgIpc) is 3.46. The van der Waals surface area contributed by atoms with Gasteiger partial charge in [-0.3, -0.25) is 0 Å². The van der Waals surface area contributed by atoms with Gasteiger partial charge in [0.1, 0.15) is 0 Å². The Morgan fingerprint density at radius 3 is 1.18 bits per heavy atom. The highest BCUT2D eigenvalue weighted by Crippen LogP contribution is 2.62. The second kappa shape index (κ2) is 8.38. The molecular weight excluding hydrogens is 475 g/mol. The molecule has 0 aliphatic heterocycles. The molecule has 0 atom stereocenters. The van der Waals surface area contributed by atoms with E-state index >= 15 is 0 Å². The van der Waals surface area contributed by atoms with E-state index in [2.05, 4.69) is 152 Å². The molecule has 0 amide bonds. The van der Waals surface area contributed by atoms with Gasteiger partial charge in [-0.25, -0.2) is 0 Å². The van der Waals surface area contributed by atoms with E-state index < -0.39 is 7.92 Å². The van der Waals surface area contributed by atoms with Crippen molar-refractivity contribution in [3.05, 3.63) is 174 Å². The minimum absolute atomic E-state index is 0.302. The second-order valence-corrected chi connectivity index (χ2v) is 12.3. The molecule has 38 heavy (non-hydrogen) atoms. The van der Waals surface area contributed by atoms with Crippen LogP contribution < -0.4 is 15.9 Å². The summed E-state index contributed by atoms with van der Waals surface area (Å²) in [7, 11) is -0.694. The van der Waals surface area contributed by atoms with E-state index in [0.29, 0.717) is 0 Å². The molecule has 1 spiro atoms. The molecular formula is C37H25P. The Morgan fingerprint density at radius 2 is 0.711 bits per heavy atom. The van der Waals surface area contributed by atoms with Crippen molar-refractivity contribution < 1.29 is 0 Å². The molecule has 6 aromatic carbocycles. The Kier molecular flexibility index (Phi) is 4.81. The molecule has 178 valence electrons. The molecule has 0 bridgehead atoms. The molecule has 8 rings (SSSR count). The summed E-state index contributed by atoms with van der Waals surface area (Å²) in [5.74, 6) is 0. The number of rotatable bonds is 3. The Hall–Kier alpha value is -4.25. The van der Waals surface area contributed by atoms with Crippen molar-refractivity contribution in [1.29, 1.82) is 0 Å². The van der Waals surface area contributed by atoms with Gasteiger partial charge >= 0.3 is 0 Å². The van der Waals surface area contributed by atoms with Crippen LogP contribution in [-0.2, 0) is 5.41 Å². The number of benzene rings is 6. The smallest absolute Gasteiger partial charge is 0.0622 e. The van der Waals surface area contributed by atoms with E-state index in [4.69, 9.17) is 0 Å². The standard InChI is InChI=1S/C37H25P/c1-3-13-26(14-4-1)38(27-15-5-2-6-16-27)28-23-24-32-31-19-9-12-22-35(31)37(36(32)25-28)33-20-10-7-17-29(33)30-18-8-11-21-34(30)37/h1-25H. The lowest BCUT2D eigenvalue weighted by Gasteiger charge is -2.31. The third-order valence-electron chi connectivity index (χ3n) is 8.27. The van der Waals surface area contributed by atoms with Gasteiger partial charge in [-0.2, -0.15) is 0 Å². The van der Waals surface area contributed by atoms with Gasteiger partial charge in [0, 0.05) is 0 Å². The maximum atomic E-state index is 2.54. The first-order chi connectivity index (χ1) is 18.9. The summed E-state index contributed by atoms with van der Waals surface area (Å²) in [4.78, 5) is 0. The van der Waals surface area contributed by atoms with Crippen molar-refractivity contribution in [1.82, 2.24) is 0 Å². The second-order valence-electron chi connectivity index (χ2n) is 10.1. The highest BCUT2D eigenvalue weighted by atomic mass is 31.1. The van der Waals surface area contributed by atoms with Gasteiger partial charge in [0.15, 0.2) is 0 Å². The highest BCUT2D eigenvalue weighted by Gasteiger charge is 2.51. The summed E-state index contributed by atoms with van der Waals surface area (Å²) in [6, 6.07) is 56.5. The summed E-state index contributed by atoms with van der Waals surface area (Å²) < 4.78 is 0. The maximum Gasteiger partial charge on any atom is 0.0725 e. The van der Waals surface area contributed by atoms with Gasteiger partial charge < -0.3 is 0 Å². The lowest BCUT2D eigenvalue weighted by Crippen LogP contribution is -2.28. The Bertz CT molecular complexity index is 1710. The molecule has 0 unspecified atom stereocenters. The van der Waals surface area contributed by atoms with Crippen LogP contribution in [0, 0.1) is 0 Å². The molecule has 0 fully saturated rings. The van der Waals surface area contributed by atoms with E-state index in [-0.39, 0.29) is 5.41 Å². The normalized spacial score (nSPS) is 13.7. The maximum absolute atomic E-state index is 2.54. The predicted molar refractivity (Wildman–Crippen MR) is 161 cm³/mol. The summed E-state index contributed by atoms with van der Waals surface area (Å²) in [5.41, 5.74) is 10.7. The monoisotopic (exact) mass is 500 g/mol. The van der Waals surface area contributed by atoms with E-state index in [9.17, 15) is 0 Å². The van der Waals surface area contributed by atoms with Crippen LogP contribution in [0.4, 0.5) is 0 Å². The van der Waals surface area contributed by atoms with E-state index in [1.807, 2.05) is 0 Å². The van der Waals surface area contributed by atoms with Crippen LogP contribution in [0.15, 0.2) is 152 Å². The van der Waals surface area contributed by atoms with E-state index in [1.54, 1.807) is 0 Å². The summed E-state index contributed by atoms with van der Waals surface area (Å²) in [6.45, 7) is 0. The Morgan fingerprint density at radius 1 is 0.316 bits per heavy atom. The molecule has 0 saturated heterocycles. The van der Waals surface area contributed by atoms with Crippen LogP contribution in [0.25, 0.3) is 22.3 Å². The first-order valence-corrected chi connectivity index (χ1v) is 14.6. The molecule has 0 heterocycles. The van der Waals surface area contributed by atoms with Crippen LogP contribution >= 0.6 is 7.92 Å². The molecule has 0 aromatic heterocycles. The summed E-state index contributed by atoms with van der Waals surface area (Å²) >= 11 is 0.